The number of nitrogens with zero attached hydrogens (tertiary/aromatic N) is 3. The molecule has 0 fully saturated rings. The molecule has 3 aromatic rings. The van der Waals surface area contributed by atoms with Crippen LogP contribution in [0.1, 0.15) is 0 Å². The monoisotopic (exact) mass is 570 g/mol. The lowest BCUT2D eigenvalue weighted by molar-refractivity contribution is -0.0968. The van der Waals surface area contributed by atoms with Gasteiger partial charge in [0.05, 0.1) is 36.9 Å². The van der Waals surface area contributed by atoms with Crippen molar-refractivity contribution in [3.05, 3.63) is 46.2 Å². The Labute approximate surface area is 216 Å². The molecule has 0 saturated heterocycles. The van der Waals surface area contributed by atoms with Crippen LogP contribution >= 0.6 is 27.5 Å². The zero-order valence-corrected chi connectivity index (χ0v) is 21.7. The van der Waals surface area contributed by atoms with Crippen molar-refractivity contribution in [2.75, 3.05) is 39.7 Å². The number of halogens is 2. The first-order valence-corrected chi connectivity index (χ1v) is 11.8. The molecule has 190 valence electrons. The van der Waals surface area contributed by atoms with Crippen LogP contribution in [0.25, 0.3) is 10.9 Å². The molecule has 0 aliphatic carbocycles. The fourth-order valence-electron chi connectivity index (χ4n) is 3.53. The van der Waals surface area contributed by atoms with E-state index in [0.717, 1.165) is 4.47 Å². The number of nitrogens with one attached hydrogen (secondary N) is 1. The summed E-state index contributed by atoms with van der Waals surface area (Å²) in [5.74, 6) is 1.01. The van der Waals surface area contributed by atoms with Gasteiger partial charge in [0.15, 0.2) is 17.6 Å². The van der Waals surface area contributed by atoms with Gasteiger partial charge in [0, 0.05) is 21.6 Å². The molecular formula is C23H28BrClN4O6. The minimum absolute atomic E-state index is 0.201. The van der Waals surface area contributed by atoms with Gasteiger partial charge in [-0.3, -0.25) is 0 Å². The summed E-state index contributed by atoms with van der Waals surface area (Å²) in [5.41, 5.74) is 1.23. The van der Waals surface area contributed by atoms with Gasteiger partial charge in [-0.25, -0.2) is 9.97 Å². The smallest absolute Gasteiger partial charge is 0.164 e. The SMILES string of the molecule is COc1cc2c(Nc3ccc(Br)c(Cl)c3)ncnc2cc1O[C@@H](CO)[C@@H](O)[C@H](O)[C@H](CO)N(C)C. The number of rotatable bonds is 11. The molecule has 0 aliphatic rings. The van der Waals surface area contributed by atoms with E-state index in [2.05, 4.69) is 31.2 Å². The molecule has 0 aliphatic heterocycles. The Bertz CT molecular complexity index is 1150. The Morgan fingerprint density at radius 3 is 2.40 bits per heavy atom. The first-order valence-electron chi connectivity index (χ1n) is 10.7. The van der Waals surface area contributed by atoms with Crippen LogP contribution in [0.15, 0.2) is 41.1 Å². The average molecular weight is 572 g/mol. The van der Waals surface area contributed by atoms with Gasteiger partial charge in [0.25, 0.3) is 0 Å². The van der Waals surface area contributed by atoms with E-state index in [0.29, 0.717) is 33.2 Å². The normalized spacial score (nSPS) is 15.0. The van der Waals surface area contributed by atoms with Gasteiger partial charge in [-0.1, -0.05) is 11.6 Å². The number of aliphatic hydroxyl groups is 4. The lowest BCUT2D eigenvalue weighted by Gasteiger charge is -2.33. The molecule has 3 rings (SSSR count). The molecule has 0 radical (unpaired) electrons. The molecule has 10 nitrogen and oxygen atoms in total. The molecule has 0 spiro atoms. The van der Waals surface area contributed by atoms with E-state index in [-0.39, 0.29) is 12.4 Å². The lowest BCUT2D eigenvalue weighted by atomic mass is 10.0. The Hall–Kier alpha value is -2.25. The molecule has 0 unspecified atom stereocenters. The number of ether oxygens (including phenoxy) is 2. The van der Waals surface area contributed by atoms with Gasteiger partial charge in [-0.15, -0.1) is 0 Å². The second kappa shape index (κ2) is 12.1. The number of hydrogen-bond donors (Lipinski definition) is 5. The standard InChI is InChI=1S/C23H28BrClN4O6/c1-29(2)17(9-30)21(32)22(33)20(10-31)35-19-8-16-13(7-18(19)34-3)23(27-11-26-16)28-12-4-5-14(24)15(25)6-12/h4-8,11,17,20-22,30-33H,9-10H2,1-3H3,(H,26,27,28)/t17-,20-,21+,22+/m0/s1. The summed E-state index contributed by atoms with van der Waals surface area (Å²) in [6, 6.07) is 7.90. The molecule has 1 aromatic heterocycles. The third kappa shape index (κ3) is 6.31. The van der Waals surface area contributed by atoms with Gasteiger partial charge in [-0.05, 0) is 54.3 Å². The van der Waals surface area contributed by atoms with Crippen LogP contribution < -0.4 is 14.8 Å². The molecular weight excluding hydrogens is 544 g/mol. The van der Waals surface area contributed by atoms with Crippen LogP contribution in [0.3, 0.4) is 0 Å². The summed E-state index contributed by atoms with van der Waals surface area (Å²) in [4.78, 5) is 10.2. The van der Waals surface area contributed by atoms with Crippen molar-refractivity contribution < 1.29 is 29.9 Å². The number of aromatic nitrogens is 2. The summed E-state index contributed by atoms with van der Waals surface area (Å²) < 4.78 is 12.1. The Balaban J connectivity index is 1.92. The van der Waals surface area contributed by atoms with Gasteiger partial charge in [0.2, 0.25) is 0 Å². The van der Waals surface area contributed by atoms with Crippen LogP contribution in [-0.4, -0.2) is 94.1 Å². The maximum Gasteiger partial charge on any atom is 0.164 e. The number of methoxy groups -OCH3 is 1. The highest BCUT2D eigenvalue weighted by atomic mass is 79.9. The highest BCUT2D eigenvalue weighted by Crippen LogP contribution is 2.36. The van der Waals surface area contributed by atoms with E-state index < -0.39 is 31.0 Å². The molecule has 12 heteroatoms. The molecule has 35 heavy (non-hydrogen) atoms. The molecule has 1 heterocycles. The van der Waals surface area contributed by atoms with Crippen LogP contribution in [-0.2, 0) is 0 Å². The van der Waals surface area contributed by atoms with E-state index in [1.165, 1.54) is 13.4 Å². The topological polar surface area (TPSA) is 140 Å². The number of benzene rings is 2. The molecule has 0 saturated carbocycles. The maximum atomic E-state index is 10.7. The van der Waals surface area contributed by atoms with Crippen molar-refractivity contribution in [3.63, 3.8) is 0 Å². The molecule has 2 aromatic carbocycles. The second-order valence-electron chi connectivity index (χ2n) is 8.03. The predicted molar refractivity (Wildman–Crippen MR) is 137 cm³/mol. The number of fused-ring (bicyclic) bond motifs is 1. The highest BCUT2D eigenvalue weighted by molar-refractivity contribution is 9.10. The Morgan fingerprint density at radius 1 is 1.06 bits per heavy atom. The van der Waals surface area contributed by atoms with Gasteiger partial charge < -0.3 is 40.1 Å². The summed E-state index contributed by atoms with van der Waals surface area (Å²) in [5, 5.41) is 45.0. The number of aliphatic hydroxyl groups excluding tert-OH is 4. The van der Waals surface area contributed by atoms with E-state index in [9.17, 15) is 20.4 Å². The third-order valence-electron chi connectivity index (χ3n) is 5.54. The van der Waals surface area contributed by atoms with Gasteiger partial charge in [0.1, 0.15) is 24.4 Å². The zero-order chi connectivity index (χ0) is 25.7. The largest absolute Gasteiger partial charge is 0.493 e. The van der Waals surface area contributed by atoms with Crippen molar-refractivity contribution in [3.8, 4) is 11.5 Å². The minimum atomic E-state index is -1.50. The lowest BCUT2D eigenvalue weighted by Crippen LogP contribution is -2.53. The Kier molecular flexibility index (Phi) is 9.47. The highest BCUT2D eigenvalue weighted by Gasteiger charge is 2.34. The van der Waals surface area contributed by atoms with Crippen LogP contribution in [0, 0.1) is 0 Å². The van der Waals surface area contributed by atoms with Crippen molar-refractivity contribution >= 4 is 49.9 Å². The molecule has 0 amide bonds. The summed E-state index contributed by atoms with van der Waals surface area (Å²) in [6.45, 7) is -0.981. The number of hydrogen-bond acceptors (Lipinski definition) is 10. The first-order chi connectivity index (χ1) is 16.7. The van der Waals surface area contributed by atoms with E-state index in [4.69, 9.17) is 21.1 Å². The predicted octanol–water partition coefficient (Wildman–Crippen LogP) is 2.18. The summed E-state index contributed by atoms with van der Waals surface area (Å²) >= 11 is 9.55. The van der Waals surface area contributed by atoms with Gasteiger partial charge in [-0.2, -0.15) is 0 Å². The van der Waals surface area contributed by atoms with Crippen LogP contribution in [0.4, 0.5) is 11.5 Å². The van der Waals surface area contributed by atoms with Crippen LogP contribution in [0.5, 0.6) is 11.5 Å². The molecule has 0 bridgehead atoms. The zero-order valence-electron chi connectivity index (χ0n) is 19.4. The fraction of sp³-hybridized carbons (Fsp3) is 0.391. The number of anilines is 2. The van der Waals surface area contributed by atoms with Crippen molar-refractivity contribution in [2.45, 2.75) is 24.4 Å². The Morgan fingerprint density at radius 2 is 1.80 bits per heavy atom. The van der Waals surface area contributed by atoms with Crippen LogP contribution in [0.2, 0.25) is 5.02 Å². The molecule has 4 atom stereocenters. The molecule has 5 N–H and O–H groups in total. The average Bonchev–Trinajstić information content (AvgIpc) is 2.84. The van der Waals surface area contributed by atoms with Gasteiger partial charge >= 0.3 is 0 Å². The van der Waals surface area contributed by atoms with Crippen molar-refractivity contribution in [1.29, 1.82) is 0 Å². The maximum absolute atomic E-state index is 10.7. The van der Waals surface area contributed by atoms with Crippen molar-refractivity contribution in [2.24, 2.45) is 0 Å². The summed E-state index contributed by atoms with van der Waals surface area (Å²) in [7, 11) is 4.77. The van der Waals surface area contributed by atoms with E-state index in [1.807, 2.05) is 12.1 Å². The second-order valence-corrected chi connectivity index (χ2v) is 9.29. The fourth-order valence-corrected chi connectivity index (χ4v) is 3.96. The quantitative estimate of drug-likeness (QED) is 0.233. The minimum Gasteiger partial charge on any atom is -0.493 e. The van der Waals surface area contributed by atoms with E-state index in [1.54, 1.807) is 37.2 Å². The summed E-state index contributed by atoms with van der Waals surface area (Å²) in [6.07, 6.45) is -2.69. The third-order valence-corrected chi connectivity index (χ3v) is 6.77. The van der Waals surface area contributed by atoms with Crippen molar-refractivity contribution in [1.82, 2.24) is 14.9 Å². The van der Waals surface area contributed by atoms with E-state index >= 15 is 0 Å². The first kappa shape index (κ1) is 27.3. The number of likely N-dealkylation sites (N-methyl/N-ethyl adjacent to an activating group) is 1.